The highest BCUT2D eigenvalue weighted by Crippen LogP contribution is 2.40. The highest BCUT2D eigenvalue weighted by molar-refractivity contribution is 7.98. The zero-order valence-electron chi connectivity index (χ0n) is 14.8. The number of hydrogen-bond acceptors (Lipinski definition) is 6. The van der Waals surface area contributed by atoms with E-state index < -0.39 is 0 Å². The van der Waals surface area contributed by atoms with Gasteiger partial charge in [-0.25, -0.2) is 0 Å². The van der Waals surface area contributed by atoms with E-state index in [1.165, 1.54) is 18.4 Å². The first kappa shape index (κ1) is 17.0. The van der Waals surface area contributed by atoms with Gasteiger partial charge in [0, 0.05) is 18.0 Å². The molecule has 0 aliphatic heterocycles. The number of rotatable bonds is 8. The Hall–Kier alpha value is -2.41. The Bertz CT molecular complexity index is 895. The largest absolute Gasteiger partial charge is 0.338 e. The predicted molar refractivity (Wildman–Crippen MR) is 101 cm³/mol. The van der Waals surface area contributed by atoms with Gasteiger partial charge in [0.1, 0.15) is 5.82 Å². The summed E-state index contributed by atoms with van der Waals surface area (Å²) >= 11 is 1.57. The Morgan fingerprint density at radius 3 is 2.77 bits per heavy atom. The molecular formula is C19H21N5OS. The summed E-state index contributed by atoms with van der Waals surface area (Å²) in [4.78, 5) is 4.50. The molecule has 0 N–H and O–H groups in total. The molecule has 1 fully saturated rings. The van der Waals surface area contributed by atoms with Crippen molar-refractivity contribution in [3.8, 4) is 11.4 Å². The first-order valence-electron chi connectivity index (χ1n) is 8.87. The molecule has 0 unspecified atom stereocenters. The van der Waals surface area contributed by atoms with E-state index in [9.17, 15) is 0 Å². The fourth-order valence-electron chi connectivity index (χ4n) is 2.80. The van der Waals surface area contributed by atoms with E-state index in [0.717, 1.165) is 29.5 Å². The highest BCUT2D eigenvalue weighted by Gasteiger charge is 2.30. The molecule has 3 aromatic rings. The summed E-state index contributed by atoms with van der Waals surface area (Å²) < 4.78 is 7.54. The molecule has 6 nitrogen and oxygen atoms in total. The van der Waals surface area contributed by atoms with Crippen molar-refractivity contribution < 1.29 is 4.52 Å². The molecule has 134 valence electrons. The Kier molecular flexibility index (Phi) is 4.88. The molecule has 0 radical (unpaired) electrons. The van der Waals surface area contributed by atoms with Crippen molar-refractivity contribution in [2.45, 2.75) is 49.6 Å². The van der Waals surface area contributed by atoms with Crippen LogP contribution < -0.4 is 0 Å². The standard InChI is InChI=1S/C19H21N5OS/c1-3-11-24-18(15-9-10-15)21-22-19(24)26-12-16-20-17(23-25-16)14-7-5-13(4-2)6-8-14/h3,5-8,15H,1,4,9-12H2,2H3. The van der Waals surface area contributed by atoms with Crippen LogP contribution in [0.3, 0.4) is 0 Å². The molecule has 1 aliphatic carbocycles. The maximum Gasteiger partial charge on any atom is 0.237 e. The molecule has 1 aliphatic rings. The lowest BCUT2D eigenvalue weighted by atomic mass is 10.1. The second-order valence-corrected chi connectivity index (χ2v) is 7.31. The zero-order valence-corrected chi connectivity index (χ0v) is 15.6. The van der Waals surface area contributed by atoms with Crippen LogP contribution in [0, 0.1) is 0 Å². The Morgan fingerprint density at radius 2 is 2.08 bits per heavy atom. The molecule has 26 heavy (non-hydrogen) atoms. The number of nitrogens with zero attached hydrogens (tertiary/aromatic N) is 5. The molecule has 0 spiro atoms. The minimum Gasteiger partial charge on any atom is -0.338 e. The first-order chi connectivity index (χ1) is 12.8. The van der Waals surface area contributed by atoms with Gasteiger partial charge in [0.15, 0.2) is 5.16 Å². The SMILES string of the molecule is C=CCn1c(SCc2nc(-c3ccc(CC)cc3)no2)nnc1C1CC1. The van der Waals surface area contributed by atoms with Crippen LogP contribution in [0.4, 0.5) is 0 Å². The topological polar surface area (TPSA) is 69.6 Å². The second kappa shape index (κ2) is 7.45. The van der Waals surface area contributed by atoms with Crippen molar-refractivity contribution in [2.75, 3.05) is 0 Å². The van der Waals surface area contributed by atoms with Gasteiger partial charge >= 0.3 is 0 Å². The van der Waals surface area contributed by atoms with Crippen LogP contribution in [0.5, 0.6) is 0 Å². The lowest BCUT2D eigenvalue weighted by molar-refractivity contribution is 0.391. The van der Waals surface area contributed by atoms with E-state index in [1.54, 1.807) is 11.8 Å². The van der Waals surface area contributed by atoms with Gasteiger partial charge in [0.05, 0.1) is 5.75 Å². The molecule has 4 rings (SSSR count). The van der Waals surface area contributed by atoms with E-state index in [-0.39, 0.29) is 0 Å². The number of benzene rings is 1. The van der Waals surface area contributed by atoms with Crippen molar-refractivity contribution in [3.63, 3.8) is 0 Å². The third kappa shape index (κ3) is 3.58. The number of hydrogen-bond donors (Lipinski definition) is 0. The Morgan fingerprint density at radius 1 is 1.27 bits per heavy atom. The lowest BCUT2D eigenvalue weighted by Crippen LogP contribution is -2.02. The van der Waals surface area contributed by atoms with Gasteiger partial charge in [0.2, 0.25) is 11.7 Å². The lowest BCUT2D eigenvalue weighted by Gasteiger charge is -2.05. The fourth-order valence-corrected chi connectivity index (χ4v) is 3.59. The third-order valence-corrected chi connectivity index (χ3v) is 5.36. The highest BCUT2D eigenvalue weighted by atomic mass is 32.2. The van der Waals surface area contributed by atoms with Crippen LogP contribution in [0.15, 0.2) is 46.6 Å². The van der Waals surface area contributed by atoms with E-state index >= 15 is 0 Å². The zero-order chi connectivity index (χ0) is 17.9. The maximum atomic E-state index is 5.40. The van der Waals surface area contributed by atoms with Crippen LogP contribution in [-0.4, -0.2) is 24.9 Å². The summed E-state index contributed by atoms with van der Waals surface area (Å²) in [5.74, 6) is 3.40. The summed E-state index contributed by atoms with van der Waals surface area (Å²) in [6.45, 7) is 6.70. The molecule has 0 atom stereocenters. The van der Waals surface area contributed by atoms with Gasteiger partial charge in [0.25, 0.3) is 0 Å². The van der Waals surface area contributed by atoms with Crippen LogP contribution in [-0.2, 0) is 18.7 Å². The Labute approximate surface area is 156 Å². The van der Waals surface area contributed by atoms with Gasteiger partial charge in [-0.2, -0.15) is 4.98 Å². The number of aromatic nitrogens is 5. The molecular weight excluding hydrogens is 346 g/mol. The third-order valence-electron chi connectivity index (χ3n) is 4.41. The summed E-state index contributed by atoms with van der Waals surface area (Å²) in [7, 11) is 0. The molecule has 0 amide bonds. The van der Waals surface area contributed by atoms with Gasteiger partial charge in [-0.05, 0) is 24.8 Å². The molecule has 1 saturated carbocycles. The predicted octanol–water partition coefficient (Wildman–Crippen LogP) is 4.25. The van der Waals surface area contributed by atoms with Crippen LogP contribution in [0.2, 0.25) is 0 Å². The summed E-state index contributed by atoms with van der Waals surface area (Å²) in [6, 6.07) is 8.25. The molecule has 2 heterocycles. The maximum absolute atomic E-state index is 5.40. The normalized spacial score (nSPS) is 13.9. The van der Waals surface area contributed by atoms with Crippen molar-refractivity contribution in [2.24, 2.45) is 0 Å². The Balaban J connectivity index is 1.45. The van der Waals surface area contributed by atoms with Gasteiger partial charge in [-0.15, -0.1) is 16.8 Å². The molecule has 7 heteroatoms. The van der Waals surface area contributed by atoms with Gasteiger partial charge in [-0.1, -0.05) is 54.2 Å². The monoisotopic (exact) mass is 367 g/mol. The van der Waals surface area contributed by atoms with Crippen molar-refractivity contribution in [1.82, 2.24) is 24.9 Å². The summed E-state index contributed by atoms with van der Waals surface area (Å²) in [5.41, 5.74) is 2.26. The van der Waals surface area contributed by atoms with E-state index in [4.69, 9.17) is 4.52 Å². The van der Waals surface area contributed by atoms with Gasteiger partial charge < -0.3 is 9.09 Å². The fraction of sp³-hybridized carbons (Fsp3) is 0.368. The van der Waals surface area contributed by atoms with E-state index in [2.05, 4.69) is 50.5 Å². The number of aryl methyl sites for hydroxylation is 1. The molecule has 2 aromatic heterocycles. The smallest absolute Gasteiger partial charge is 0.237 e. The average molecular weight is 367 g/mol. The van der Waals surface area contributed by atoms with E-state index in [0.29, 0.717) is 23.4 Å². The summed E-state index contributed by atoms with van der Waals surface area (Å²) in [6.07, 6.45) is 5.29. The minimum atomic E-state index is 0.554. The molecule has 0 bridgehead atoms. The van der Waals surface area contributed by atoms with E-state index in [1.807, 2.05) is 18.2 Å². The van der Waals surface area contributed by atoms with Crippen molar-refractivity contribution in [1.29, 1.82) is 0 Å². The molecule has 1 aromatic carbocycles. The minimum absolute atomic E-state index is 0.554. The van der Waals surface area contributed by atoms with Gasteiger partial charge in [-0.3, -0.25) is 0 Å². The second-order valence-electron chi connectivity index (χ2n) is 6.37. The van der Waals surface area contributed by atoms with Crippen LogP contribution in [0.25, 0.3) is 11.4 Å². The molecule has 0 saturated heterocycles. The number of thioether (sulfide) groups is 1. The van der Waals surface area contributed by atoms with Crippen molar-refractivity contribution >= 4 is 11.8 Å². The number of allylic oxidation sites excluding steroid dienone is 1. The quantitative estimate of drug-likeness (QED) is 0.438. The van der Waals surface area contributed by atoms with Crippen molar-refractivity contribution in [3.05, 3.63) is 54.2 Å². The average Bonchev–Trinajstić information content (AvgIpc) is 3.27. The van der Waals surface area contributed by atoms with Crippen LogP contribution in [0.1, 0.15) is 43.0 Å². The summed E-state index contributed by atoms with van der Waals surface area (Å²) in [5, 5.41) is 13.7. The first-order valence-corrected chi connectivity index (χ1v) is 9.85. The van der Waals surface area contributed by atoms with Crippen LogP contribution >= 0.6 is 11.8 Å².